The van der Waals surface area contributed by atoms with Crippen molar-refractivity contribution in [3.63, 3.8) is 0 Å². The SMILES string of the molecule is CC(=O)NC1(c2ccc(F)cc2)CCN(CC(O)c2ccccc2)CC1. The number of aliphatic hydroxyl groups is 1. The van der Waals surface area contributed by atoms with Gasteiger partial charge in [0, 0.05) is 26.6 Å². The van der Waals surface area contributed by atoms with E-state index in [2.05, 4.69) is 10.2 Å². The number of carbonyl (C=O) groups excluding carboxylic acids is 1. The highest BCUT2D eigenvalue weighted by Gasteiger charge is 2.37. The number of nitrogens with zero attached hydrogens (tertiary/aromatic N) is 1. The molecule has 1 aliphatic heterocycles. The van der Waals surface area contributed by atoms with E-state index in [9.17, 15) is 14.3 Å². The zero-order valence-electron chi connectivity index (χ0n) is 15.0. The summed E-state index contributed by atoms with van der Waals surface area (Å²) < 4.78 is 13.3. The van der Waals surface area contributed by atoms with Gasteiger partial charge in [0.25, 0.3) is 0 Å². The number of β-amino-alcohol motifs (C(OH)–C–C–N with tert-alkyl or cyclic N) is 1. The summed E-state index contributed by atoms with van der Waals surface area (Å²) in [6, 6.07) is 16.0. The van der Waals surface area contributed by atoms with Gasteiger partial charge in [0.1, 0.15) is 5.82 Å². The zero-order valence-corrected chi connectivity index (χ0v) is 15.0. The number of likely N-dealkylation sites (tertiary alicyclic amines) is 1. The van der Waals surface area contributed by atoms with Crippen molar-refractivity contribution in [1.82, 2.24) is 10.2 Å². The molecule has 1 heterocycles. The molecule has 0 bridgehead atoms. The average Bonchev–Trinajstić information content (AvgIpc) is 2.64. The maximum Gasteiger partial charge on any atom is 0.217 e. The van der Waals surface area contributed by atoms with E-state index in [4.69, 9.17) is 0 Å². The molecule has 26 heavy (non-hydrogen) atoms. The van der Waals surface area contributed by atoms with E-state index in [0.29, 0.717) is 6.54 Å². The first-order chi connectivity index (χ1) is 12.5. The summed E-state index contributed by atoms with van der Waals surface area (Å²) >= 11 is 0. The van der Waals surface area contributed by atoms with Crippen LogP contribution in [-0.2, 0) is 10.3 Å². The summed E-state index contributed by atoms with van der Waals surface area (Å²) in [5.74, 6) is -0.373. The molecule has 1 saturated heterocycles. The van der Waals surface area contributed by atoms with Crippen LogP contribution in [0.5, 0.6) is 0 Å². The van der Waals surface area contributed by atoms with Crippen LogP contribution in [0.2, 0.25) is 0 Å². The van der Waals surface area contributed by atoms with E-state index >= 15 is 0 Å². The van der Waals surface area contributed by atoms with Gasteiger partial charge in [0.05, 0.1) is 11.6 Å². The summed E-state index contributed by atoms with van der Waals surface area (Å²) in [6.07, 6.45) is 0.912. The first kappa shape index (κ1) is 18.5. The molecule has 5 heteroatoms. The molecule has 1 aliphatic rings. The lowest BCUT2D eigenvalue weighted by Crippen LogP contribution is -2.53. The van der Waals surface area contributed by atoms with Gasteiger partial charge in [-0.1, -0.05) is 42.5 Å². The molecule has 0 saturated carbocycles. The number of halogens is 1. The van der Waals surface area contributed by atoms with Gasteiger partial charge in [-0.05, 0) is 36.1 Å². The van der Waals surface area contributed by atoms with Gasteiger partial charge in [-0.2, -0.15) is 0 Å². The molecule has 1 amide bonds. The fourth-order valence-corrected chi connectivity index (χ4v) is 3.73. The lowest BCUT2D eigenvalue weighted by Gasteiger charge is -2.43. The Morgan fingerprint density at radius 3 is 2.35 bits per heavy atom. The van der Waals surface area contributed by atoms with Gasteiger partial charge in [-0.3, -0.25) is 4.79 Å². The van der Waals surface area contributed by atoms with Crippen LogP contribution in [0.3, 0.4) is 0 Å². The van der Waals surface area contributed by atoms with E-state index in [1.54, 1.807) is 12.1 Å². The highest BCUT2D eigenvalue weighted by Crippen LogP contribution is 2.33. The smallest absolute Gasteiger partial charge is 0.217 e. The van der Waals surface area contributed by atoms with Crippen LogP contribution < -0.4 is 5.32 Å². The maximum absolute atomic E-state index is 13.3. The molecule has 0 aromatic heterocycles. The maximum atomic E-state index is 13.3. The molecule has 138 valence electrons. The molecule has 0 aliphatic carbocycles. The summed E-state index contributed by atoms with van der Waals surface area (Å²) in [5.41, 5.74) is 1.36. The van der Waals surface area contributed by atoms with Crippen molar-refractivity contribution >= 4 is 5.91 Å². The van der Waals surface area contributed by atoms with E-state index in [1.165, 1.54) is 19.1 Å². The van der Waals surface area contributed by atoms with Crippen molar-refractivity contribution in [2.75, 3.05) is 19.6 Å². The van der Waals surface area contributed by atoms with Crippen LogP contribution in [0.25, 0.3) is 0 Å². The molecule has 2 aromatic carbocycles. The van der Waals surface area contributed by atoms with Gasteiger partial charge >= 0.3 is 0 Å². The Kier molecular flexibility index (Phi) is 5.69. The van der Waals surface area contributed by atoms with E-state index in [0.717, 1.165) is 37.1 Å². The third kappa shape index (κ3) is 4.29. The van der Waals surface area contributed by atoms with E-state index in [-0.39, 0.29) is 11.7 Å². The minimum atomic E-state index is -0.532. The molecule has 0 radical (unpaired) electrons. The Labute approximate surface area is 153 Å². The van der Waals surface area contributed by atoms with Crippen LogP contribution >= 0.6 is 0 Å². The first-order valence-corrected chi connectivity index (χ1v) is 8.99. The van der Waals surface area contributed by atoms with Gasteiger partial charge in [0.2, 0.25) is 5.91 Å². The fourth-order valence-electron chi connectivity index (χ4n) is 3.73. The monoisotopic (exact) mass is 356 g/mol. The minimum absolute atomic E-state index is 0.0907. The summed E-state index contributed by atoms with van der Waals surface area (Å²) in [6.45, 7) is 3.57. The Hall–Kier alpha value is -2.24. The number of piperidine rings is 1. The Bertz CT molecular complexity index is 725. The fraction of sp³-hybridized carbons (Fsp3) is 0.381. The molecule has 1 fully saturated rings. The topological polar surface area (TPSA) is 52.6 Å². The number of carbonyl (C=O) groups is 1. The summed E-state index contributed by atoms with van der Waals surface area (Å²) in [5, 5.41) is 13.5. The number of aliphatic hydroxyl groups excluding tert-OH is 1. The van der Waals surface area contributed by atoms with Crippen molar-refractivity contribution in [3.8, 4) is 0 Å². The predicted octanol–water partition coefficient (Wildman–Crippen LogP) is 2.99. The average molecular weight is 356 g/mol. The summed E-state index contributed by atoms with van der Waals surface area (Å²) in [4.78, 5) is 14.0. The minimum Gasteiger partial charge on any atom is -0.387 e. The Morgan fingerprint density at radius 2 is 1.77 bits per heavy atom. The second-order valence-electron chi connectivity index (χ2n) is 7.00. The molecular formula is C21H25FN2O2. The van der Waals surface area contributed by atoms with Gasteiger partial charge < -0.3 is 15.3 Å². The normalized spacial score (nSPS) is 18.3. The highest BCUT2D eigenvalue weighted by molar-refractivity contribution is 5.74. The van der Waals surface area contributed by atoms with Crippen molar-refractivity contribution in [1.29, 1.82) is 0 Å². The number of nitrogens with one attached hydrogen (secondary N) is 1. The number of rotatable bonds is 5. The molecule has 1 unspecified atom stereocenters. The van der Waals surface area contributed by atoms with Gasteiger partial charge in [0.15, 0.2) is 0 Å². The molecule has 1 atom stereocenters. The molecule has 2 aromatic rings. The lowest BCUT2D eigenvalue weighted by atomic mass is 9.80. The molecule has 2 N–H and O–H groups in total. The molecule has 0 spiro atoms. The van der Waals surface area contributed by atoms with Crippen LogP contribution in [0, 0.1) is 5.82 Å². The summed E-state index contributed by atoms with van der Waals surface area (Å²) in [7, 11) is 0. The van der Waals surface area contributed by atoms with Crippen molar-refractivity contribution in [2.45, 2.75) is 31.4 Å². The van der Waals surface area contributed by atoms with Gasteiger partial charge in [-0.15, -0.1) is 0 Å². The largest absolute Gasteiger partial charge is 0.387 e. The van der Waals surface area contributed by atoms with E-state index < -0.39 is 11.6 Å². The van der Waals surface area contributed by atoms with Gasteiger partial charge in [-0.25, -0.2) is 4.39 Å². The Balaban J connectivity index is 1.68. The standard InChI is InChI=1S/C21H25FN2O2/c1-16(25)23-21(18-7-9-19(22)10-8-18)11-13-24(14-12-21)15-20(26)17-5-3-2-4-6-17/h2-10,20,26H,11-15H2,1H3,(H,23,25). The third-order valence-corrected chi connectivity index (χ3v) is 5.14. The van der Waals surface area contributed by atoms with E-state index in [1.807, 2.05) is 30.3 Å². The third-order valence-electron chi connectivity index (χ3n) is 5.14. The second kappa shape index (κ2) is 7.98. The van der Waals surface area contributed by atoms with Crippen LogP contribution in [-0.4, -0.2) is 35.5 Å². The first-order valence-electron chi connectivity index (χ1n) is 8.99. The number of amides is 1. The van der Waals surface area contributed by atoms with Crippen molar-refractivity contribution in [2.24, 2.45) is 0 Å². The lowest BCUT2D eigenvalue weighted by molar-refractivity contribution is -0.121. The quantitative estimate of drug-likeness (QED) is 0.866. The number of benzene rings is 2. The van der Waals surface area contributed by atoms with Crippen LogP contribution in [0.1, 0.15) is 37.0 Å². The van der Waals surface area contributed by atoms with Crippen LogP contribution in [0.4, 0.5) is 4.39 Å². The highest BCUT2D eigenvalue weighted by atomic mass is 19.1. The molecular weight excluding hydrogens is 331 g/mol. The second-order valence-corrected chi connectivity index (χ2v) is 7.00. The molecule has 4 nitrogen and oxygen atoms in total. The van der Waals surface area contributed by atoms with Crippen molar-refractivity contribution < 1.29 is 14.3 Å². The number of hydrogen-bond donors (Lipinski definition) is 2. The predicted molar refractivity (Wildman–Crippen MR) is 99.0 cm³/mol. The van der Waals surface area contributed by atoms with Crippen molar-refractivity contribution in [3.05, 3.63) is 71.5 Å². The van der Waals surface area contributed by atoms with Crippen LogP contribution in [0.15, 0.2) is 54.6 Å². The zero-order chi connectivity index (χ0) is 18.6. The molecule has 3 rings (SSSR count). The number of hydrogen-bond acceptors (Lipinski definition) is 3. The Morgan fingerprint density at radius 1 is 1.15 bits per heavy atom.